The van der Waals surface area contributed by atoms with Gasteiger partial charge in [-0.05, 0) is 72.5 Å². The van der Waals surface area contributed by atoms with E-state index in [1.54, 1.807) is 6.07 Å². The Morgan fingerprint density at radius 1 is 0.675 bits per heavy atom. The summed E-state index contributed by atoms with van der Waals surface area (Å²) in [7, 11) is 0. The Labute approximate surface area is 233 Å². The molecule has 40 heavy (non-hydrogen) atoms. The molecule has 3 N–H and O–H groups in total. The summed E-state index contributed by atoms with van der Waals surface area (Å²) in [5.41, 5.74) is 1.93. The van der Waals surface area contributed by atoms with Crippen LogP contribution >= 0.6 is 0 Å². The highest BCUT2D eigenvalue weighted by atomic mass is 16.3. The maximum atomic E-state index is 13.0. The smallest absolute Gasteiger partial charge is 0.253 e. The lowest BCUT2D eigenvalue weighted by molar-refractivity contribution is 0.176. The molecular formula is C34H33N3O3. The minimum absolute atomic E-state index is 0.147. The number of nitrogens with zero attached hydrogens (tertiary/aromatic N) is 1. The largest absolute Gasteiger partial charge is 0.507 e. The topological polar surface area (TPSA) is 81.7 Å². The van der Waals surface area contributed by atoms with Gasteiger partial charge >= 0.3 is 0 Å². The minimum Gasteiger partial charge on any atom is -0.507 e. The van der Waals surface area contributed by atoms with Crippen molar-refractivity contribution in [1.29, 1.82) is 0 Å². The van der Waals surface area contributed by atoms with Crippen LogP contribution in [0.3, 0.4) is 0 Å². The molecule has 2 fully saturated rings. The van der Waals surface area contributed by atoms with Gasteiger partial charge in [-0.1, -0.05) is 73.5 Å². The van der Waals surface area contributed by atoms with E-state index in [0.717, 1.165) is 59.5 Å². The molecule has 0 bridgehead atoms. The van der Waals surface area contributed by atoms with E-state index in [9.17, 15) is 14.7 Å². The summed E-state index contributed by atoms with van der Waals surface area (Å²) in [6, 6.07) is 24.1. The van der Waals surface area contributed by atoms with Gasteiger partial charge in [-0.25, -0.2) is 0 Å². The molecule has 0 amide bonds. The molecule has 7 rings (SSSR count). The van der Waals surface area contributed by atoms with Crippen LogP contribution in [0.5, 0.6) is 5.75 Å². The molecule has 6 heteroatoms. The van der Waals surface area contributed by atoms with E-state index in [-0.39, 0.29) is 11.8 Å². The highest BCUT2D eigenvalue weighted by Gasteiger charge is 2.34. The molecule has 5 aromatic rings. The predicted molar refractivity (Wildman–Crippen MR) is 164 cm³/mol. The third-order valence-electron chi connectivity index (χ3n) is 8.92. The van der Waals surface area contributed by atoms with Crippen LogP contribution in [0.15, 0.2) is 82.4 Å². The van der Waals surface area contributed by atoms with Gasteiger partial charge in [-0.2, -0.15) is 0 Å². The van der Waals surface area contributed by atoms with Crippen molar-refractivity contribution in [2.75, 3.05) is 23.7 Å². The second-order valence-corrected chi connectivity index (χ2v) is 11.3. The van der Waals surface area contributed by atoms with Crippen LogP contribution in [0.4, 0.5) is 17.1 Å². The number of nitrogens with one attached hydrogen (secondary N) is 2. The fourth-order valence-corrected chi connectivity index (χ4v) is 6.93. The van der Waals surface area contributed by atoms with Crippen molar-refractivity contribution >= 4 is 38.6 Å². The molecule has 0 unspecified atom stereocenters. The first-order valence-corrected chi connectivity index (χ1v) is 14.4. The number of hydrogen-bond acceptors (Lipinski definition) is 6. The van der Waals surface area contributed by atoms with E-state index < -0.39 is 10.9 Å². The zero-order chi connectivity index (χ0) is 27.2. The van der Waals surface area contributed by atoms with Gasteiger partial charge < -0.3 is 15.7 Å². The Morgan fingerprint density at radius 2 is 1.30 bits per heavy atom. The second-order valence-electron chi connectivity index (χ2n) is 11.3. The molecule has 5 aromatic carbocycles. The predicted octanol–water partition coefficient (Wildman–Crippen LogP) is 6.52. The average Bonchev–Trinajstić information content (AvgIpc) is 3.54. The third kappa shape index (κ3) is 4.14. The van der Waals surface area contributed by atoms with E-state index in [1.165, 1.54) is 19.3 Å². The van der Waals surface area contributed by atoms with Gasteiger partial charge in [0, 0.05) is 28.9 Å². The van der Waals surface area contributed by atoms with E-state index in [2.05, 4.69) is 15.5 Å². The fraction of sp³-hybridized carbons (Fsp3) is 0.294. The lowest BCUT2D eigenvalue weighted by Crippen LogP contribution is -2.50. The van der Waals surface area contributed by atoms with Crippen molar-refractivity contribution in [3.8, 4) is 16.9 Å². The quantitative estimate of drug-likeness (QED) is 0.216. The van der Waals surface area contributed by atoms with Crippen LogP contribution in [0.1, 0.15) is 38.5 Å². The molecule has 6 nitrogen and oxygen atoms in total. The monoisotopic (exact) mass is 531 g/mol. The number of benzene rings is 4. The zero-order valence-electron chi connectivity index (χ0n) is 22.5. The molecule has 2 atom stereocenters. The van der Waals surface area contributed by atoms with Crippen molar-refractivity contribution < 1.29 is 5.11 Å². The minimum atomic E-state index is -0.503. The van der Waals surface area contributed by atoms with Gasteiger partial charge in [0.1, 0.15) is 17.1 Å². The Bertz CT molecular complexity index is 1800. The number of hydrogen-bond donors (Lipinski definition) is 3. The Kier molecular flexibility index (Phi) is 6.28. The molecule has 1 saturated carbocycles. The number of likely N-dealkylation sites (tertiary alicyclic amines) is 1. The summed E-state index contributed by atoms with van der Waals surface area (Å²) in [5, 5.41) is 22.0. The summed E-state index contributed by atoms with van der Waals surface area (Å²) >= 11 is 0. The van der Waals surface area contributed by atoms with Gasteiger partial charge in [0.15, 0.2) is 0 Å². The SMILES string of the molecule is O=c1c(Nc2ccc3ccccc3c2-c2c(O)ccc3ccccc23)c(N[C@@H]2CCCC[C@H]2N2CCCC2)c1=O. The van der Waals surface area contributed by atoms with Crippen LogP contribution in [0.25, 0.3) is 32.7 Å². The second kappa shape index (κ2) is 10.1. The number of anilines is 3. The van der Waals surface area contributed by atoms with E-state index in [4.69, 9.17) is 0 Å². The van der Waals surface area contributed by atoms with Gasteiger partial charge in [0.25, 0.3) is 10.9 Å². The number of aromatic hydroxyl groups is 1. The van der Waals surface area contributed by atoms with Gasteiger partial charge in [-0.3, -0.25) is 14.5 Å². The molecule has 1 aliphatic carbocycles. The lowest BCUT2D eigenvalue weighted by Gasteiger charge is -2.39. The van der Waals surface area contributed by atoms with E-state index in [0.29, 0.717) is 28.7 Å². The molecular weight excluding hydrogens is 498 g/mol. The van der Waals surface area contributed by atoms with E-state index >= 15 is 0 Å². The van der Waals surface area contributed by atoms with Gasteiger partial charge in [0.2, 0.25) is 0 Å². The van der Waals surface area contributed by atoms with Crippen LogP contribution in [-0.4, -0.2) is 35.2 Å². The number of fused-ring (bicyclic) bond motifs is 2. The summed E-state index contributed by atoms with van der Waals surface area (Å²) in [4.78, 5) is 28.4. The lowest BCUT2D eigenvalue weighted by atomic mass is 9.88. The normalized spacial score (nSPS) is 19.9. The Morgan fingerprint density at radius 3 is 2.05 bits per heavy atom. The first-order valence-electron chi connectivity index (χ1n) is 14.4. The molecule has 0 radical (unpaired) electrons. The molecule has 1 saturated heterocycles. The fourth-order valence-electron chi connectivity index (χ4n) is 6.93. The summed E-state index contributed by atoms with van der Waals surface area (Å²) in [5.74, 6) is 0.164. The summed E-state index contributed by atoms with van der Waals surface area (Å²) in [6.45, 7) is 2.21. The third-order valence-corrected chi connectivity index (χ3v) is 8.92. The molecule has 1 heterocycles. The molecule has 1 aliphatic heterocycles. The highest BCUT2D eigenvalue weighted by Crippen LogP contribution is 2.45. The standard InChI is InChI=1S/C34H33N3O3/c38-28-18-16-22-10-2-4-12-24(22)30(28)29-23-11-3-1-9-21(23)15-17-26(29)36-32-31(33(39)34(32)40)35-25-13-5-6-14-27(25)37-19-7-8-20-37/h1-4,9-12,15-18,25,27,35-36,38H,5-8,13-14,19-20H2/t25-,27-/m1/s1. The average molecular weight is 532 g/mol. The van der Waals surface area contributed by atoms with Crippen LogP contribution in [-0.2, 0) is 0 Å². The highest BCUT2D eigenvalue weighted by molar-refractivity contribution is 6.12. The molecule has 2 aliphatic rings. The van der Waals surface area contributed by atoms with Crippen molar-refractivity contribution in [2.45, 2.75) is 50.6 Å². The molecule has 0 aromatic heterocycles. The zero-order valence-corrected chi connectivity index (χ0v) is 22.5. The maximum absolute atomic E-state index is 13.0. The van der Waals surface area contributed by atoms with Crippen LogP contribution < -0.4 is 21.5 Å². The Hall–Kier alpha value is -4.16. The van der Waals surface area contributed by atoms with Crippen molar-refractivity contribution in [2.24, 2.45) is 0 Å². The Balaban J connectivity index is 1.32. The molecule has 202 valence electrons. The number of phenols is 1. The van der Waals surface area contributed by atoms with Crippen LogP contribution in [0, 0.1) is 0 Å². The number of rotatable bonds is 6. The van der Waals surface area contributed by atoms with Crippen LogP contribution in [0.2, 0.25) is 0 Å². The molecule has 0 spiro atoms. The maximum Gasteiger partial charge on any atom is 0.253 e. The first-order chi connectivity index (χ1) is 19.6. The van der Waals surface area contributed by atoms with Gasteiger partial charge in [-0.15, -0.1) is 0 Å². The number of phenolic OH excluding ortho intramolecular Hbond substituents is 1. The van der Waals surface area contributed by atoms with Crippen molar-refractivity contribution in [1.82, 2.24) is 4.90 Å². The van der Waals surface area contributed by atoms with Crippen molar-refractivity contribution in [3.63, 3.8) is 0 Å². The van der Waals surface area contributed by atoms with E-state index in [1.807, 2.05) is 66.7 Å². The summed E-state index contributed by atoms with van der Waals surface area (Å²) < 4.78 is 0. The van der Waals surface area contributed by atoms with Crippen molar-refractivity contribution in [3.05, 3.63) is 93.2 Å². The van der Waals surface area contributed by atoms with Gasteiger partial charge in [0.05, 0.1) is 0 Å². The first kappa shape index (κ1) is 24.9. The summed E-state index contributed by atoms with van der Waals surface area (Å²) in [6.07, 6.45) is 6.88.